The molecule has 6 rings (SSSR count). The maximum atomic E-state index is 13.9. The van der Waals surface area contributed by atoms with E-state index in [-0.39, 0.29) is 30.5 Å². The Hall–Kier alpha value is -5.42. The summed E-state index contributed by atoms with van der Waals surface area (Å²) in [4.78, 5) is 54.2. The molecule has 0 saturated carbocycles. The van der Waals surface area contributed by atoms with Gasteiger partial charge in [0, 0.05) is 87.6 Å². The molecule has 10 nitrogen and oxygen atoms in total. The Morgan fingerprint density at radius 2 is 1.31 bits per heavy atom. The van der Waals surface area contributed by atoms with Gasteiger partial charge >= 0.3 is 24.3 Å². The number of carbonyl (C=O) groups is 4. The summed E-state index contributed by atoms with van der Waals surface area (Å²) < 4.78 is 82.2. The minimum Gasteiger partial charge on any atom is -0.478 e. The zero-order chi connectivity index (χ0) is 47.5. The van der Waals surface area contributed by atoms with E-state index < -0.39 is 52.9 Å². The van der Waals surface area contributed by atoms with E-state index in [1.165, 1.54) is 4.90 Å². The Labute approximate surface area is 382 Å². The molecule has 3 atom stereocenters. The summed E-state index contributed by atoms with van der Waals surface area (Å²) in [5, 5.41) is 16.5. The number of carboxylic acids is 2. The van der Waals surface area contributed by atoms with Gasteiger partial charge in [0.25, 0.3) is 11.8 Å². The van der Waals surface area contributed by atoms with Crippen LogP contribution >= 0.6 is 23.2 Å². The average molecular weight is 950 g/mol. The minimum atomic E-state index is -5.06. The molecule has 0 aliphatic carbocycles. The number of likely N-dealkylation sites (N-methyl/N-ethyl adjacent to an activating group) is 1. The van der Waals surface area contributed by atoms with Crippen LogP contribution in [0, 0.1) is 0 Å². The highest BCUT2D eigenvalue weighted by Crippen LogP contribution is 2.38. The molecule has 2 aliphatic heterocycles. The quantitative estimate of drug-likeness (QED) is 0.101. The largest absolute Gasteiger partial charge is 0.478 e. The van der Waals surface area contributed by atoms with Gasteiger partial charge in [0.05, 0.1) is 21.2 Å². The van der Waals surface area contributed by atoms with Crippen molar-refractivity contribution in [1.29, 1.82) is 0 Å². The van der Waals surface area contributed by atoms with Crippen LogP contribution in [0.1, 0.15) is 68.2 Å². The van der Waals surface area contributed by atoms with Crippen LogP contribution in [-0.2, 0) is 28.4 Å². The molecule has 2 saturated heterocycles. The summed E-state index contributed by atoms with van der Waals surface area (Å²) in [7, 11) is 1.79. The first kappa shape index (κ1) is 50.6. The van der Waals surface area contributed by atoms with Crippen LogP contribution in [0.2, 0.25) is 10.0 Å². The lowest BCUT2D eigenvalue weighted by Crippen LogP contribution is -2.56. The molecule has 2 fully saturated rings. The molecular weight excluding hydrogens is 901 g/mol. The SMILES string of the molecule is CN(CC(CCN1CCN([C@H]2CCN(C(=O)c3cc(C(F)(F)F)cc(C(F)(F)F)c3)[C@@H](Cc3ccccc3)C2)CC1)c1ccc(Cl)c(Cl)c1)C(=O)c1ccccc1.O=C(O)/C=C/C(=O)O. The van der Waals surface area contributed by atoms with Crippen molar-refractivity contribution in [1.82, 2.24) is 19.6 Å². The zero-order valence-corrected chi connectivity index (χ0v) is 36.8. The van der Waals surface area contributed by atoms with Gasteiger partial charge < -0.3 is 24.9 Å². The number of carboxylic acid groups (broad SMARTS) is 2. The first-order valence-electron chi connectivity index (χ1n) is 20.7. The van der Waals surface area contributed by atoms with Crippen molar-refractivity contribution in [3.05, 3.63) is 153 Å². The number of likely N-dealkylation sites (tertiary alicyclic amines) is 1. The van der Waals surface area contributed by atoms with Gasteiger partial charge in [-0.1, -0.05) is 77.8 Å². The first-order valence-corrected chi connectivity index (χ1v) is 21.4. The molecule has 4 aromatic carbocycles. The molecule has 2 aliphatic rings. The predicted octanol–water partition coefficient (Wildman–Crippen LogP) is 9.52. The number of aliphatic carboxylic acids is 2. The standard InChI is InChI=1S/C43H44Cl2F6N4O2.C4H4O4/c1-52(40(56)30-10-6-3-7-11-30)28-32(31-12-13-38(44)39(45)25-31)14-16-53-18-20-54(21-19-53)36-15-17-55(37(27-36)22-29-8-4-2-5-9-29)41(57)33-23-34(42(46,47)48)26-35(24-33)43(49,50)51;5-3(6)1-2-4(7)8/h2-13,23-26,32,36-37H,14-22,27-28H2,1H3;1-2H,(H,5,6)(H,7,8)/b;2-1+/t32?,36-,37-;/m0./s1. The molecule has 2 N–H and O–H groups in total. The number of amides is 2. The van der Waals surface area contributed by atoms with E-state index in [2.05, 4.69) is 9.80 Å². The van der Waals surface area contributed by atoms with Gasteiger partial charge in [-0.2, -0.15) is 26.3 Å². The molecule has 1 unspecified atom stereocenters. The third kappa shape index (κ3) is 14.8. The Morgan fingerprint density at radius 1 is 0.738 bits per heavy atom. The van der Waals surface area contributed by atoms with E-state index in [9.17, 15) is 45.5 Å². The van der Waals surface area contributed by atoms with E-state index in [1.54, 1.807) is 30.1 Å². The molecule has 0 bridgehead atoms. The maximum absolute atomic E-state index is 13.9. The molecule has 2 amide bonds. The second-order valence-corrected chi connectivity index (χ2v) is 16.7. The lowest BCUT2D eigenvalue weighted by Gasteiger charge is -2.46. The smallest absolute Gasteiger partial charge is 0.416 e. The fraction of sp³-hybridized carbons (Fsp3) is 0.362. The maximum Gasteiger partial charge on any atom is 0.416 e. The van der Waals surface area contributed by atoms with Crippen LogP contribution in [0.3, 0.4) is 0 Å². The zero-order valence-electron chi connectivity index (χ0n) is 35.2. The Kier molecular flexibility index (Phi) is 17.6. The Bertz CT molecular complexity index is 2240. The highest BCUT2D eigenvalue weighted by atomic mass is 35.5. The van der Waals surface area contributed by atoms with Gasteiger partial charge in [0.15, 0.2) is 0 Å². The predicted molar refractivity (Wildman–Crippen MR) is 234 cm³/mol. The van der Waals surface area contributed by atoms with Crippen LogP contribution in [0.5, 0.6) is 0 Å². The van der Waals surface area contributed by atoms with Crippen molar-refractivity contribution in [2.75, 3.05) is 52.9 Å². The van der Waals surface area contributed by atoms with Crippen LogP contribution in [0.4, 0.5) is 26.3 Å². The number of benzene rings is 4. The van der Waals surface area contributed by atoms with Crippen molar-refractivity contribution in [2.45, 2.75) is 56.0 Å². The topological polar surface area (TPSA) is 122 Å². The van der Waals surface area contributed by atoms with E-state index in [0.29, 0.717) is 65.7 Å². The summed E-state index contributed by atoms with van der Waals surface area (Å²) in [6, 6.07) is 24.8. The lowest BCUT2D eigenvalue weighted by molar-refractivity contribution is -0.143. The van der Waals surface area contributed by atoms with Crippen molar-refractivity contribution in [3.8, 4) is 0 Å². The second-order valence-electron chi connectivity index (χ2n) is 15.9. The van der Waals surface area contributed by atoms with Crippen molar-refractivity contribution < 1.29 is 55.7 Å². The number of nitrogens with zero attached hydrogens (tertiary/aromatic N) is 4. The Morgan fingerprint density at radius 3 is 1.85 bits per heavy atom. The van der Waals surface area contributed by atoms with Gasteiger partial charge in [-0.3, -0.25) is 14.5 Å². The normalized spacial score (nSPS) is 17.8. The summed E-state index contributed by atoms with van der Waals surface area (Å²) in [5.41, 5.74) is -1.14. The third-order valence-electron chi connectivity index (χ3n) is 11.5. The summed E-state index contributed by atoms with van der Waals surface area (Å²) in [5.74, 6) is -3.45. The highest BCUT2D eigenvalue weighted by Gasteiger charge is 2.40. The van der Waals surface area contributed by atoms with Gasteiger partial charge in [-0.05, 0) is 85.8 Å². The molecule has 2 heterocycles. The summed E-state index contributed by atoms with van der Waals surface area (Å²) in [6.45, 7) is 4.50. The lowest BCUT2D eigenvalue weighted by atomic mass is 9.90. The van der Waals surface area contributed by atoms with Gasteiger partial charge in [-0.15, -0.1) is 0 Å². The van der Waals surface area contributed by atoms with Crippen LogP contribution in [0.15, 0.2) is 109 Å². The summed E-state index contributed by atoms with van der Waals surface area (Å²) >= 11 is 12.7. The molecular formula is C47H48Cl2F6N4O6. The van der Waals surface area contributed by atoms with E-state index in [0.717, 1.165) is 50.3 Å². The molecule has 348 valence electrons. The number of halogens is 8. The first-order chi connectivity index (χ1) is 30.7. The monoisotopic (exact) mass is 948 g/mol. The number of alkyl halides is 6. The van der Waals surface area contributed by atoms with Crippen LogP contribution in [-0.4, -0.2) is 119 Å². The molecule has 4 aromatic rings. The number of rotatable bonds is 13. The average Bonchev–Trinajstić information content (AvgIpc) is 3.27. The van der Waals surface area contributed by atoms with E-state index in [4.69, 9.17) is 33.4 Å². The van der Waals surface area contributed by atoms with Crippen LogP contribution < -0.4 is 0 Å². The van der Waals surface area contributed by atoms with Crippen molar-refractivity contribution in [2.24, 2.45) is 0 Å². The van der Waals surface area contributed by atoms with E-state index in [1.807, 2.05) is 60.7 Å². The fourth-order valence-corrected chi connectivity index (χ4v) is 8.44. The molecule has 0 aromatic heterocycles. The highest BCUT2D eigenvalue weighted by molar-refractivity contribution is 6.42. The van der Waals surface area contributed by atoms with Crippen molar-refractivity contribution in [3.63, 3.8) is 0 Å². The van der Waals surface area contributed by atoms with Crippen LogP contribution in [0.25, 0.3) is 0 Å². The second kappa shape index (κ2) is 22.7. The van der Waals surface area contributed by atoms with Gasteiger partial charge in [0.2, 0.25) is 0 Å². The number of hydrogen-bond donors (Lipinski definition) is 2. The van der Waals surface area contributed by atoms with Crippen molar-refractivity contribution >= 4 is 47.0 Å². The number of carbonyl (C=O) groups excluding carboxylic acids is 2. The van der Waals surface area contributed by atoms with Gasteiger partial charge in [0.1, 0.15) is 0 Å². The molecule has 65 heavy (non-hydrogen) atoms. The third-order valence-corrected chi connectivity index (χ3v) is 12.2. The Balaban J connectivity index is 0.000000905. The number of piperazine rings is 1. The molecule has 0 radical (unpaired) electrons. The fourth-order valence-electron chi connectivity index (χ4n) is 8.13. The summed E-state index contributed by atoms with van der Waals surface area (Å²) in [6.07, 6.45) is -6.78. The molecule has 18 heteroatoms. The number of piperidine rings is 1. The van der Waals surface area contributed by atoms with E-state index >= 15 is 0 Å². The molecule has 0 spiro atoms. The minimum absolute atomic E-state index is 0.0138. The number of hydrogen-bond acceptors (Lipinski definition) is 6. The van der Waals surface area contributed by atoms with Gasteiger partial charge in [-0.25, -0.2) is 9.59 Å².